The van der Waals surface area contributed by atoms with Gasteiger partial charge in [-0.1, -0.05) is 19.0 Å². The number of rotatable bonds is 3. The van der Waals surface area contributed by atoms with Gasteiger partial charge < -0.3 is 14.5 Å². The van der Waals surface area contributed by atoms with Gasteiger partial charge in [0, 0.05) is 13.0 Å². The Morgan fingerprint density at radius 1 is 1.61 bits per heavy atom. The minimum atomic E-state index is -0.763. The zero-order valence-electron chi connectivity index (χ0n) is 10.6. The second kappa shape index (κ2) is 4.93. The van der Waals surface area contributed by atoms with Gasteiger partial charge in [0.2, 0.25) is 0 Å². The van der Waals surface area contributed by atoms with Gasteiger partial charge in [-0.25, -0.2) is 4.79 Å². The number of aryl methyl sites for hydroxylation is 1. The van der Waals surface area contributed by atoms with Gasteiger partial charge in [-0.2, -0.15) is 4.98 Å². The van der Waals surface area contributed by atoms with Crippen LogP contribution in [0.5, 0.6) is 0 Å². The molecule has 1 aromatic rings. The number of anilines is 1. The number of hydrogen-bond acceptors (Lipinski definition) is 5. The monoisotopic (exact) mass is 254 g/mol. The van der Waals surface area contributed by atoms with Gasteiger partial charge in [0.05, 0.1) is 12.1 Å². The third-order valence-corrected chi connectivity index (χ3v) is 3.28. The van der Waals surface area contributed by atoms with Gasteiger partial charge in [-0.3, -0.25) is 5.32 Å². The van der Waals surface area contributed by atoms with Crippen LogP contribution < -0.4 is 5.32 Å². The Balaban J connectivity index is 1.93. The van der Waals surface area contributed by atoms with Crippen LogP contribution in [0.1, 0.15) is 32.5 Å². The van der Waals surface area contributed by atoms with Crippen molar-refractivity contribution in [2.75, 3.05) is 18.4 Å². The van der Waals surface area contributed by atoms with E-state index >= 15 is 0 Å². The predicted octanol–water partition coefficient (Wildman–Crippen LogP) is 1.01. The highest BCUT2D eigenvalue weighted by Gasteiger charge is 2.36. The molecule has 1 aliphatic heterocycles. The zero-order valence-corrected chi connectivity index (χ0v) is 10.6. The lowest BCUT2D eigenvalue weighted by molar-refractivity contribution is 0.0492. The van der Waals surface area contributed by atoms with E-state index in [2.05, 4.69) is 15.5 Å². The highest BCUT2D eigenvalue weighted by atomic mass is 16.5. The van der Waals surface area contributed by atoms with Crippen molar-refractivity contribution in [2.24, 2.45) is 0 Å². The summed E-state index contributed by atoms with van der Waals surface area (Å²) in [7, 11) is 0. The first kappa shape index (κ1) is 12.8. The second-order valence-corrected chi connectivity index (χ2v) is 4.55. The van der Waals surface area contributed by atoms with Crippen molar-refractivity contribution in [3.05, 3.63) is 5.82 Å². The molecule has 1 aliphatic rings. The molecule has 0 spiro atoms. The summed E-state index contributed by atoms with van der Waals surface area (Å²) < 4.78 is 4.88. The molecule has 0 aliphatic carbocycles. The van der Waals surface area contributed by atoms with Crippen LogP contribution in [0.25, 0.3) is 0 Å². The minimum absolute atomic E-state index is 0.101. The summed E-state index contributed by atoms with van der Waals surface area (Å²) in [6.45, 7) is 4.68. The molecular weight excluding hydrogens is 236 g/mol. The number of hydrogen-bond donors (Lipinski definition) is 2. The predicted molar refractivity (Wildman–Crippen MR) is 64.1 cm³/mol. The van der Waals surface area contributed by atoms with Crippen molar-refractivity contribution in [3.63, 3.8) is 0 Å². The van der Waals surface area contributed by atoms with E-state index in [0.29, 0.717) is 38.2 Å². The third kappa shape index (κ3) is 2.61. The molecule has 1 fully saturated rings. The molecule has 1 atom stereocenters. The fourth-order valence-electron chi connectivity index (χ4n) is 1.94. The van der Waals surface area contributed by atoms with E-state index in [-0.39, 0.29) is 12.0 Å². The number of β-amino-alcohol motifs (C(OH)–C–C–N with tert-alkyl or cyclic N) is 1. The van der Waals surface area contributed by atoms with E-state index in [1.165, 1.54) is 0 Å². The van der Waals surface area contributed by atoms with Gasteiger partial charge in [0.25, 0.3) is 0 Å². The van der Waals surface area contributed by atoms with Crippen molar-refractivity contribution in [1.29, 1.82) is 0 Å². The number of urea groups is 1. The van der Waals surface area contributed by atoms with Crippen LogP contribution in [0, 0.1) is 0 Å². The Bertz CT molecular complexity index is 434. The standard InChI is InChI=1S/C11H18N4O3/c1-3-8-12-9(18-14-8)13-10(16)15-6-5-11(17,4-2)7-15/h17H,3-7H2,1-2H3,(H,12,13,14,16). The van der Waals surface area contributed by atoms with E-state index in [1.807, 2.05) is 13.8 Å². The molecule has 2 N–H and O–H groups in total. The molecule has 18 heavy (non-hydrogen) atoms. The molecule has 7 nitrogen and oxygen atoms in total. The Hall–Kier alpha value is -1.63. The first-order valence-corrected chi connectivity index (χ1v) is 6.17. The number of carbonyl (C=O) groups excluding carboxylic acids is 1. The zero-order chi connectivity index (χ0) is 13.2. The number of nitrogens with zero attached hydrogens (tertiary/aromatic N) is 3. The first-order chi connectivity index (χ1) is 8.56. The van der Waals surface area contributed by atoms with E-state index in [0.717, 1.165) is 0 Å². The summed E-state index contributed by atoms with van der Waals surface area (Å²) >= 11 is 0. The van der Waals surface area contributed by atoms with Crippen LogP contribution in [0.3, 0.4) is 0 Å². The van der Waals surface area contributed by atoms with Crippen LogP contribution >= 0.6 is 0 Å². The lowest BCUT2D eigenvalue weighted by Crippen LogP contribution is -2.37. The van der Waals surface area contributed by atoms with Crippen LogP contribution in [-0.2, 0) is 6.42 Å². The van der Waals surface area contributed by atoms with Gasteiger partial charge in [-0.15, -0.1) is 0 Å². The summed E-state index contributed by atoms with van der Waals surface area (Å²) in [6, 6.07) is -0.213. The van der Waals surface area contributed by atoms with Crippen LogP contribution in [-0.4, -0.2) is 44.9 Å². The Labute approximate surface area is 105 Å². The highest BCUT2D eigenvalue weighted by molar-refractivity contribution is 5.87. The summed E-state index contributed by atoms with van der Waals surface area (Å²) in [5, 5.41) is 16.3. The largest absolute Gasteiger partial charge is 0.388 e. The van der Waals surface area contributed by atoms with E-state index in [4.69, 9.17) is 4.52 Å². The molecule has 1 saturated heterocycles. The van der Waals surface area contributed by atoms with Crippen molar-refractivity contribution in [1.82, 2.24) is 15.0 Å². The molecule has 0 bridgehead atoms. The van der Waals surface area contributed by atoms with Crippen LogP contribution in [0.4, 0.5) is 10.8 Å². The topological polar surface area (TPSA) is 91.5 Å². The molecule has 0 radical (unpaired) electrons. The number of amides is 2. The Kier molecular flexibility index (Phi) is 3.51. The van der Waals surface area contributed by atoms with Gasteiger partial charge in [0.1, 0.15) is 0 Å². The van der Waals surface area contributed by atoms with Gasteiger partial charge >= 0.3 is 12.0 Å². The van der Waals surface area contributed by atoms with Gasteiger partial charge in [-0.05, 0) is 12.8 Å². The van der Waals surface area contributed by atoms with Crippen molar-refractivity contribution in [2.45, 2.75) is 38.7 Å². The van der Waals surface area contributed by atoms with E-state index in [9.17, 15) is 9.90 Å². The summed E-state index contributed by atoms with van der Waals surface area (Å²) in [5.74, 6) is 0.553. The molecule has 0 aromatic carbocycles. The lowest BCUT2D eigenvalue weighted by Gasteiger charge is -2.21. The second-order valence-electron chi connectivity index (χ2n) is 4.55. The van der Waals surface area contributed by atoms with Crippen LogP contribution in [0.15, 0.2) is 4.52 Å². The summed E-state index contributed by atoms with van der Waals surface area (Å²) in [4.78, 5) is 17.4. The molecule has 2 heterocycles. The number of nitrogens with one attached hydrogen (secondary N) is 1. The number of likely N-dealkylation sites (tertiary alicyclic amines) is 1. The molecule has 1 aromatic heterocycles. The molecule has 1 unspecified atom stereocenters. The fourth-order valence-corrected chi connectivity index (χ4v) is 1.94. The lowest BCUT2D eigenvalue weighted by atomic mass is 10.0. The average Bonchev–Trinajstić information content (AvgIpc) is 2.96. The molecule has 7 heteroatoms. The fraction of sp³-hybridized carbons (Fsp3) is 0.727. The molecule has 100 valence electrons. The van der Waals surface area contributed by atoms with Crippen molar-refractivity contribution < 1.29 is 14.4 Å². The van der Waals surface area contributed by atoms with Crippen LogP contribution in [0.2, 0.25) is 0 Å². The normalized spacial score (nSPS) is 23.4. The Morgan fingerprint density at radius 3 is 2.94 bits per heavy atom. The third-order valence-electron chi connectivity index (χ3n) is 3.28. The molecular formula is C11H18N4O3. The maximum atomic E-state index is 11.9. The van der Waals surface area contributed by atoms with Crippen molar-refractivity contribution >= 4 is 12.0 Å². The molecule has 2 amide bonds. The first-order valence-electron chi connectivity index (χ1n) is 6.17. The van der Waals surface area contributed by atoms with E-state index < -0.39 is 5.60 Å². The summed E-state index contributed by atoms with van der Waals surface area (Å²) in [5.41, 5.74) is -0.763. The minimum Gasteiger partial charge on any atom is -0.388 e. The summed E-state index contributed by atoms with van der Waals surface area (Å²) in [6.07, 6.45) is 1.89. The highest BCUT2D eigenvalue weighted by Crippen LogP contribution is 2.24. The van der Waals surface area contributed by atoms with Gasteiger partial charge in [0.15, 0.2) is 5.82 Å². The number of carbonyl (C=O) groups is 1. The number of aliphatic hydroxyl groups is 1. The quantitative estimate of drug-likeness (QED) is 0.840. The average molecular weight is 254 g/mol. The number of aromatic nitrogens is 2. The smallest absolute Gasteiger partial charge is 0.329 e. The SMILES string of the molecule is CCc1noc(NC(=O)N2CCC(O)(CC)C2)n1. The molecule has 0 saturated carbocycles. The van der Waals surface area contributed by atoms with E-state index in [1.54, 1.807) is 4.90 Å². The maximum absolute atomic E-state index is 11.9. The maximum Gasteiger partial charge on any atom is 0.329 e. The molecule has 2 rings (SSSR count). The Morgan fingerprint density at radius 2 is 2.39 bits per heavy atom. The van der Waals surface area contributed by atoms with Crippen molar-refractivity contribution in [3.8, 4) is 0 Å².